The minimum absolute atomic E-state index is 0.328. The molecule has 0 atom stereocenters. The van der Waals surface area contributed by atoms with E-state index in [2.05, 4.69) is 27.7 Å². The van der Waals surface area contributed by atoms with E-state index >= 15 is 0 Å². The standard InChI is InChI=1S/C16H24N2O3/c1-20-16(19)18-17-15-9-7-14(8-10-15)12-21-11-13-5-3-2-4-6-13/h2-6,14-15,17H,7-12H2,1H3,(H,18,19)/t14-,15-. The lowest BCUT2D eigenvalue weighted by Gasteiger charge is -2.28. The Morgan fingerprint density at radius 2 is 1.90 bits per heavy atom. The van der Waals surface area contributed by atoms with Crippen molar-refractivity contribution in [3.63, 3.8) is 0 Å². The molecule has 21 heavy (non-hydrogen) atoms. The molecule has 1 aliphatic carbocycles. The Hall–Kier alpha value is -1.59. The third kappa shape index (κ3) is 5.73. The van der Waals surface area contributed by atoms with Crippen molar-refractivity contribution >= 4 is 6.09 Å². The van der Waals surface area contributed by atoms with Gasteiger partial charge in [0.25, 0.3) is 0 Å². The number of hydrogen-bond acceptors (Lipinski definition) is 4. The van der Waals surface area contributed by atoms with Crippen molar-refractivity contribution in [2.75, 3.05) is 13.7 Å². The molecule has 1 aliphatic rings. The van der Waals surface area contributed by atoms with Crippen molar-refractivity contribution in [2.24, 2.45) is 5.92 Å². The third-order valence-corrected chi connectivity index (χ3v) is 3.88. The van der Waals surface area contributed by atoms with Crippen molar-refractivity contribution in [3.05, 3.63) is 35.9 Å². The highest BCUT2D eigenvalue weighted by atomic mass is 16.5. The first-order chi connectivity index (χ1) is 10.3. The SMILES string of the molecule is COC(=O)NN[C@H]1CC[C@H](COCc2ccccc2)CC1. The van der Waals surface area contributed by atoms with Crippen LogP contribution in [0, 0.1) is 5.92 Å². The summed E-state index contributed by atoms with van der Waals surface area (Å²) in [5.41, 5.74) is 6.77. The number of ether oxygens (including phenoxy) is 2. The van der Waals surface area contributed by atoms with Crippen LogP contribution >= 0.6 is 0 Å². The van der Waals surface area contributed by atoms with Gasteiger partial charge in [-0.3, -0.25) is 5.43 Å². The Kier molecular flexibility index (Phi) is 6.50. The minimum Gasteiger partial charge on any atom is -0.452 e. The van der Waals surface area contributed by atoms with Gasteiger partial charge in [0.2, 0.25) is 0 Å². The number of rotatable bonds is 6. The van der Waals surface area contributed by atoms with Crippen molar-refractivity contribution < 1.29 is 14.3 Å². The Bertz CT molecular complexity index is 417. The summed E-state index contributed by atoms with van der Waals surface area (Å²) in [7, 11) is 1.36. The van der Waals surface area contributed by atoms with Crippen LogP contribution in [0.5, 0.6) is 0 Å². The lowest BCUT2D eigenvalue weighted by molar-refractivity contribution is 0.0688. The number of carbonyl (C=O) groups is 1. The highest BCUT2D eigenvalue weighted by Crippen LogP contribution is 2.24. The van der Waals surface area contributed by atoms with Gasteiger partial charge in [0.1, 0.15) is 0 Å². The van der Waals surface area contributed by atoms with Crippen LogP contribution in [0.1, 0.15) is 31.2 Å². The Balaban J connectivity index is 1.58. The second kappa shape index (κ2) is 8.64. The fraction of sp³-hybridized carbons (Fsp3) is 0.562. The summed E-state index contributed by atoms with van der Waals surface area (Å²) in [5, 5.41) is 0. The third-order valence-electron chi connectivity index (χ3n) is 3.88. The predicted molar refractivity (Wildman–Crippen MR) is 80.5 cm³/mol. The first-order valence-electron chi connectivity index (χ1n) is 7.49. The van der Waals surface area contributed by atoms with Crippen molar-refractivity contribution in [3.8, 4) is 0 Å². The normalized spacial score (nSPS) is 21.8. The van der Waals surface area contributed by atoms with Crippen LogP contribution in [0.15, 0.2) is 30.3 Å². The average molecular weight is 292 g/mol. The minimum atomic E-state index is -0.441. The van der Waals surface area contributed by atoms with Gasteiger partial charge in [-0.25, -0.2) is 10.2 Å². The Morgan fingerprint density at radius 1 is 1.19 bits per heavy atom. The molecule has 0 spiro atoms. The van der Waals surface area contributed by atoms with Crippen molar-refractivity contribution in [1.82, 2.24) is 10.9 Å². The summed E-state index contributed by atoms with van der Waals surface area (Å²) in [6.45, 7) is 1.49. The monoisotopic (exact) mass is 292 g/mol. The van der Waals surface area contributed by atoms with Crippen LogP contribution in [0.2, 0.25) is 0 Å². The van der Waals surface area contributed by atoms with E-state index in [-0.39, 0.29) is 0 Å². The molecular formula is C16H24N2O3. The number of nitrogens with one attached hydrogen (secondary N) is 2. The van der Waals surface area contributed by atoms with Crippen LogP contribution in [0.4, 0.5) is 4.79 Å². The van der Waals surface area contributed by atoms with Crippen LogP contribution in [0.25, 0.3) is 0 Å². The summed E-state index contributed by atoms with van der Waals surface area (Å²) < 4.78 is 10.3. The molecular weight excluding hydrogens is 268 g/mol. The molecule has 1 fully saturated rings. The van der Waals surface area contributed by atoms with Gasteiger partial charge < -0.3 is 9.47 Å². The quantitative estimate of drug-likeness (QED) is 0.791. The number of methoxy groups -OCH3 is 1. The highest BCUT2D eigenvalue weighted by Gasteiger charge is 2.21. The molecule has 5 nitrogen and oxygen atoms in total. The molecule has 116 valence electrons. The van der Waals surface area contributed by atoms with Gasteiger partial charge in [-0.1, -0.05) is 30.3 Å². The van der Waals surface area contributed by atoms with Crippen LogP contribution in [-0.2, 0) is 16.1 Å². The topological polar surface area (TPSA) is 59.6 Å². The lowest BCUT2D eigenvalue weighted by atomic mass is 9.87. The maximum absolute atomic E-state index is 11.0. The number of hydrogen-bond donors (Lipinski definition) is 2. The molecule has 1 aromatic rings. The summed E-state index contributed by atoms with van der Waals surface area (Å²) in [4.78, 5) is 11.0. The molecule has 0 bridgehead atoms. The van der Waals surface area contributed by atoms with Crippen molar-refractivity contribution in [2.45, 2.75) is 38.3 Å². The van der Waals surface area contributed by atoms with Gasteiger partial charge in [0, 0.05) is 12.6 Å². The summed E-state index contributed by atoms with van der Waals surface area (Å²) in [5.74, 6) is 0.616. The van der Waals surface area contributed by atoms with E-state index in [1.807, 2.05) is 18.2 Å². The second-order valence-corrected chi connectivity index (χ2v) is 5.48. The fourth-order valence-corrected chi connectivity index (χ4v) is 2.60. The number of amides is 1. The molecule has 0 saturated heterocycles. The van der Waals surface area contributed by atoms with Gasteiger partial charge >= 0.3 is 6.09 Å². The number of carbonyl (C=O) groups excluding carboxylic acids is 1. The van der Waals surface area contributed by atoms with E-state index in [1.165, 1.54) is 12.7 Å². The lowest BCUT2D eigenvalue weighted by Crippen LogP contribution is -2.45. The first kappa shape index (κ1) is 15.8. The van der Waals surface area contributed by atoms with E-state index in [9.17, 15) is 4.79 Å². The van der Waals surface area contributed by atoms with Gasteiger partial charge in [-0.2, -0.15) is 0 Å². The van der Waals surface area contributed by atoms with E-state index < -0.39 is 6.09 Å². The van der Waals surface area contributed by atoms with E-state index in [4.69, 9.17) is 4.74 Å². The second-order valence-electron chi connectivity index (χ2n) is 5.48. The first-order valence-corrected chi connectivity index (χ1v) is 7.49. The maximum atomic E-state index is 11.0. The average Bonchev–Trinajstić information content (AvgIpc) is 2.55. The molecule has 1 aromatic carbocycles. The predicted octanol–water partition coefficient (Wildman–Crippen LogP) is 2.62. The molecule has 1 saturated carbocycles. The molecule has 2 N–H and O–H groups in total. The molecule has 0 aromatic heterocycles. The Labute approximate surface area is 126 Å². The maximum Gasteiger partial charge on any atom is 0.421 e. The van der Waals surface area contributed by atoms with Crippen LogP contribution < -0.4 is 10.9 Å². The number of benzene rings is 1. The van der Waals surface area contributed by atoms with Gasteiger partial charge in [-0.05, 0) is 37.2 Å². The zero-order valence-corrected chi connectivity index (χ0v) is 12.5. The highest BCUT2D eigenvalue weighted by molar-refractivity contribution is 5.66. The molecule has 0 aliphatic heterocycles. The molecule has 5 heteroatoms. The van der Waals surface area contributed by atoms with E-state index in [1.54, 1.807) is 0 Å². The van der Waals surface area contributed by atoms with E-state index in [0.717, 1.165) is 32.3 Å². The zero-order chi connectivity index (χ0) is 14.9. The molecule has 0 unspecified atom stereocenters. The van der Waals surface area contributed by atoms with Crippen LogP contribution in [-0.4, -0.2) is 25.9 Å². The zero-order valence-electron chi connectivity index (χ0n) is 12.5. The summed E-state index contributed by atoms with van der Waals surface area (Å²) in [6.07, 6.45) is 3.89. The Morgan fingerprint density at radius 3 is 2.57 bits per heavy atom. The largest absolute Gasteiger partial charge is 0.452 e. The van der Waals surface area contributed by atoms with Gasteiger partial charge in [0.15, 0.2) is 0 Å². The summed E-state index contributed by atoms with van der Waals surface area (Å²) >= 11 is 0. The molecule has 2 rings (SSSR count). The smallest absolute Gasteiger partial charge is 0.421 e. The van der Waals surface area contributed by atoms with Crippen LogP contribution in [0.3, 0.4) is 0 Å². The molecule has 1 amide bonds. The fourth-order valence-electron chi connectivity index (χ4n) is 2.60. The van der Waals surface area contributed by atoms with Gasteiger partial charge in [-0.15, -0.1) is 0 Å². The number of hydrazine groups is 1. The van der Waals surface area contributed by atoms with E-state index in [0.29, 0.717) is 18.6 Å². The summed E-state index contributed by atoms with van der Waals surface area (Å²) in [6, 6.07) is 10.6. The van der Waals surface area contributed by atoms with Gasteiger partial charge in [0.05, 0.1) is 13.7 Å². The van der Waals surface area contributed by atoms with Crippen molar-refractivity contribution in [1.29, 1.82) is 0 Å². The molecule has 0 radical (unpaired) electrons. The molecule has 0 heterocycles.